The van der Waals surface area contributed by atoms with Crippen LogP contribution in [0.3, 0.4) is 0 Å². The van der Waals surface area contributed by atoms with Crippen molar-refractivity contribution in [3.63, 3.8) is 0 Å². The Morgan fingerprint density at radius 3 is 3.06 bits per heavy atom. The molecule has 0 aliphatic heterocycles. The Balaban J connectivity index is 1.92. The summed E-state index contributed by atoms with van der Waals surface area (Å²) in [7, 11) is 0. The Morgan fingerprint density at radius 1 is 1.50 bits per heavy atom. The zero-order valence-corrected chi connectivity index (χ0v) is 10.5. The highest BCUT2D eigenvalue weighted by Crippen LogP contribution is 2.31. The van der Waals surface area contributed by atoms with Crippen LogP contribution in [0.2, 0.25) is 0 Å². The number of aliphatic hydroxyl groups is 1. The first-order chi connectivity index (χ1) is 7.83. The predicted octanol–water partition coefficient (Wildman–Crippen LogP) is 2.06. The number of nitrogens with zero attached hydrogens (tertiary/aromatic N) is 2. The molecule has 0 amide bonds. The van der Waals surface area contributed by atoms with Crippen LogP contribution in [0.25, 0.3) is 0 Å². The van der Waals surface area contributed by atoms with E-state index in [-0.39, 0.29) is 0 Å². The van der Waals surface area contributed by atoms with Gasteiger partial charge in [0.2, 0.25) is 5.13 Å². The molecule has 2 rings (SSSR count). The van der Waals surface area contributed by atoms with Crippen LogP contribution in [-0.4, -0.2) is 27.1 Å². The van der Waals surface area contributed by atoms with Crippen molar-refractivity contribution < 1.29 is 5.11 Å². The van der Waals surface area contributed by atoms with Crippen molar-refractivity contribution in [3.8, 4) is 0 Å². The minimum Gasteiger partial charge on any atom is -0.396 e. The number of hydrogen-bond acceptors (Lipinski definition) is 5. The highest BCUT2D eigenvalue weighted by Gasteiger charge is 2.27. The molecule has 1 saturated carbocycles. The maximum Gasteiger partial charge on any atom is 0.202 e. The lowest BCUT2D eigenvalue weighted by Gasteiger charge is -2.19. The summed E-state index contributed by atoms with van der Waals surface area (Å²) in [5, 5.41) is 13.4. The van der Waals surface area contributed by atoms with Gasteiger partial charge in [-0.3, -0.25) is 0 Å². The fraction of sp³-hybridized carbons (Fsp3) is 0.818. The molecule has 1 fully saturated rings. The standard InChI is InChI=1S/C11H19N3OS/c1-2-10-13-11(16-14-10)12-9-5-3-4-8(9)6-7-15/h8-9,15H,2-7H2,1H3,(H,12,13,14). The van der Waals surface area contributed by atoms with Crippen molar-refractivity contribution in [2.75, 3.05) is 11.9 Å². The summed E-state index contributed by atoms with van der Waals surface area (Å²) >= 11 is 1.45. The van der Waals surface area contributed by atoms with Crippen molar-refractivity contribution in [1.29, 1.82) is 0 Å². The van der Waals surface area contributed by atoms with Crippen molar-refractivity contribution in [3.05, 3.63) is 5.82 Å². The van der Waals surface area contributed by atoms with Gasteiger partial charge < -0.3 is 10.4 Å². The third-order valence-corrected chi connectivity index (χ3v) is 3.94. The van der Waals surface area contributed by atoms with E-state index in [1.165, 1.54) is 30.8 Å². The molecule has 90 valence electrons. The zero-order valence-electron chi connectivity index (χ0n) is 9.65. The number of aryl methyl sites for hydroxylation is 1. The van der Waals surface area contributed by atoms with Gasteiger partial charge in [-0.25, -0.2) is 4.98 Å². The third kappa shape index (κ3) is 2.71. The van der Waals surface area contributed by atoms with Crippen LogP contribution < -0.4 is 5.32 Å². The highest BCUT2D eigenvalue weighted by molar-refractivity contribution is 7.09. The minimum absolute atomic E-state index is 0.291. The van der Waals surface area contributed by atoms with E-state index in [2.05, 4.69) is 21.6 Å². The van der Waals surface area contributed by atoms with Crippen molar-refractivity contribution in [1.82, 2.24) is 9.36 Å². The molecule has 0 aromatic carbocycles. The quantitative estimate of drug-likeness (QED) is 0.828. The van der Waals surface area contributed by atoms with Crippen molar-refractivity contribution in [2.45, 2.75) is 45.1 Å². The molecule has 1 aromatic rings. The van der Waals surface area contributed by atoms with Crippen LogP contribution in [0.15, 0.2) is 0 Å². The molecule has 2 unspecified atom stereocenters. The summed E-state index contributed by atoms with van der Waals surface area (Å²) < 4.78 is 4.27. The second-order valence-corrected chi connectivity index (χ2v) is 5.08. The maximum absolute atomic E-state index is 9.00. The minimum atomic E-state index is 0.291. The van der Waals surface area contributed by atoms with E-state index in [1.807, 2.05) is 0 Å². The molecule has 0 bridgehead atoms. The third-order valence-electron chi connectivity index (χ3n) is 3.25. The second-order valence-electron chi connectivity index (χ2n) is 4.32. The first-order valence-electron chi connectivity index (χ1n) is 6.03. The highest BCUT2D eigenvalue weighted by atomic mass is 32.1. The van der Waals surface area contributed by atoms with Gasteiger partial charge in [0, 0.05) is 30.6 Å². The molecule has 5 heteroatoms. The molecule has 1 heterocycles. The SMILES string of the molecule is CCc1nsc(NC2CCCC2CCO)n1. The fourth-order valence-electron chi connectivity index (χ4n) is 2.35. The monoisotopic (exact) mass is 241 g/mol. The molecule has 2 N–H and O–H groups in total. The molecule has 1 aliphatic carbocycles. The first kappa shape index (κ1) is 11.8. The molecule has 4 nitrogen and oxygen atoms in total. The molecule has 0 spiro atoms. The number of aromatic nitrogens is 2. The summed E-state index contributed by atoms with van der Waals surface area (Å²) in [5.74, 6) is 1.52. The number of anilines is 1. The van der Waals surface area contributed by atoms with Crippen LogP contribution in [0, 0.1) is 5.92 Å². The van der Waals surface area contributed by atoms with Gasteiger partial charge in [0.25, 0.3) is 0 Å². The summed E-state index contributed by atoms with van der Waals surface area (Å²) in [6, 6.07) is 0.477. The Kier molecular flexibility index (Phi) is 4.12. The Morgan fingerprint density at radius 2 is 2.38 bits per heavy atom. The molecule has 1 aromatic heterocycles. The summed E-state index contributed by atoms with van der Waals surface area (Å²) in [5.41, 5.74) is 0. The van der Waals surface area contributed by atoms with Gasteiger partial charge in [0.15, 0.2) is 0 Å². The normalized spacial score (nSPS) is 24.9. The van der Waals surface area contributed by atoms with Gasteiger partial charge in [-0.15, -0.1) is 0 Å². The van der Waals surface area contributed by atoms with Crippen LogP contribution in [-0.2, 0) is 6.42 Å². The van der Waals surface area contributed by atoms with Crippen LogP contribution in [0.1, 0.15) is 38.4 Å². The van der Waals surface area contributed by atoms with E-state index in [0.29, 0.717) is 18.6 Å². The van der Waals surface area contributed by atoms with Gasteiger partial charge in [0.1, 0.15) is 5.82 Å². The second kappa shape index (κ2) is 5.59. The maximum atomic E-state index is 9.00. The number of rotatable bonds is 5. The van der Waals surface area contributed by atoms with Gasteiger partial charge in [-0.1, -0.05) is 13.3 Å². The fourth-order valence-corrected chi connectivity index (χ4v) is 3.07. The number of nitrogens with one attached hydrogen (secondary N) is 1. The number of aliphatic hydroxyl groups excluding tert-OH is 1. The molecular weight excluding hydrogens is 222 g/mol. The van der Waals surface area contributed by atoms with Crippen molar-refractivity contribution in [2.24, 2.45) is 5.92 Å². The molecule has 0 radical (unpaired) electrons. The lowest BCUT2D eigenvalue weighted by Crippen LogP contribution is -2.24. The van der Waals surface area contributed by atoms with E-state index in [4.69, 9.17) is 5.11 Å². The summed E-state index contributed by atoms with van der Waals surface area (Å²) in [4.78, 5) is 4.42. The van der Waals surface area contributed by atoms with E-state index >= 15 is 0 Å². The van der Waals surface area contributed by atoms with Gasteiger partial charge >= 0.3 is 0 Å². The van der Waals surface area contributed by atoms with Gasteiger partial charge in [-0.05, 0) is 25.2 Å². The topological polar surface area (TPSA) is 58.0 Å². The molecule has 2 atom stereocenters. The lowest BCUT2D eigenvalue weighted by molar-refractivity contribution is 0.254. The largest absolute Gasteiger partial charge is 0.396 e. The Labute approximate surface area is 100 Å². The smallest absolute Gasteiger partial charge is 0.202 e. The van der Waals surface area contributed by atoms with Crippen LogP contribution >= 0.6 is 11.5 Å². The van der Waals surface area contributed by atoms with E-state index in [0.717, 1.165) is 23.8 Å². The van der Waals surface area contributed by atoms with Crippen LogP contribution in [0.4, 0.5) is 5.13 Å². The number of hydrogen-bond donors (Lipinski definition) is 2. The lowest BCUT2D eigenvalue weighted by atomic mass is 10.0. The van der Waals surface area contributed by atoms with E-state index in [1.54, 1.807) is 0 Å². The van der Waals surface area contributed by atoms with E-state index in [9.17, 15) is 0 Å². The van der Waals surface area contributed by atoms with Gasteiger partial charge in [0.05, 0.1) is 0 Å². The molecule has 16 heavy (non-hydrogen) atoms. The molecule has 0 saturated heterocycles. The first-order valence-corrected chi connectivity index (χ1v) is 6.80. The molecular formula is C11H19N3OS. The van der Waals surface area contributed by atoms with Crippen molar-refractivity contribution >= 4 is 16.7 Å². The van der Waals surface area contributed by atoms with Crippen LogP contribution in [0.5, 0.6) is 0 Å². The average molecular weight is 241 g/mol. The zero-order chi connectivity index (χ0) is 11.4. The molecule has 1 aliphatic rings. The van der Waals surface area contributed by atoms with Gasteiger partial charge in [-0.2, -0.15) is 4.37 Å². The average Bonchev–Trinajstić information content (AvgIpc) is 2.90. The summed E-state index contributed by atoms with van der Waals surface area (Å²) in [6.07, 6.45) is 5.45. The predicted molar refractivity (Wildman–Crippen MR) is 65.7 cm³/mol. The Hall–Kier alpha value is -0.680. The Bertz CT molecular complexity index is 329. The summed E-state index contributed by atoms with van der Waals surface area (Å²) in [6.45, 7) is 2.36. The van der Waals surface area contributed by atoms with E-state index < -0.39 is 0 Å².